The van der Waals surface area contributed by atoms with Gasteiger partial charge in [0.2, 0.25) is 0 Å². The highest BCUT2D eigenvalue weighted by Gasteiger charge is 2.15. The predicted molar refractivity (Wildman–Crippen MR) is 80.5 cm³/mol. The number of carboxylic acids is 1. The number of hydrogen-bond acceptors (Lipinski definition) is 2. The van der Waals surface area contributed by atoms with Crippen molar-refractivity contribution in [2.45, 2.75) is 0 Å². The van der Waals surface area contributed by atoms with Gasteiger partial charge in [0.1, 0.15) is 5.82 Å². The lowest BCUT2D eigenvalue weighted by Crippen LogP contribution is -2.13. The van der Waals surface area contributed by atoms with Gasteiger partial charge in [0.25, 0.3) is 5.91 Å². The Morgan fingerprint density at radius 1 is 1.24 bits per heavy atom. The van der Waals surface area contributed by atoms with Crippen molar-refractivity contribution in [1.82, 2.24) is 0 Å². The summed E-state index contributed by atoms with van der Waals surface area (Å²) in [7, 11) is 0. The average molecular weight is 373 g/mol. The van der Waals surface area contributed by atoms with Crippen LogP contribution < -0.4 is 5.32 Å². The minimum absolute atomic E-state index is 0.00845. The van der Waals surface area contributed by atoms with Crippen LogP contribution in [0, 0.1) is 5.82 Å². The van der Waals surface area contributed by atoms with Crippen LogP contribution in [0.3, 0.4) is 0 Å². The van der Waals surface area contributed by atoms with Gasteiger partial charge >= 0.3 is 5.97 Å². The van der Waals surface area contributed by atoms with E-state index in [1.54, 1.807) is 0 Å². The zero-order chi connectivity index (χ0) is 15.6. The van der Waals surface area contributed by atoms with Crippen LogP contribution in [0.5, 0.6) is 0 Å². The highest BCUT2D eigenvalue weighted by atomic mass is 79.9. The summed E-state index contributed by atoms with van der Waals surface area (Å²) in [4.78, 5) is 22.9. The fraction of sp³-hybridized carbons (Fsp3) is 0. The van der Waals surface area contributed by atoms with E-state index in [2.05, 4.69) is 21.2 Å². The van der Waals surface area contributed by atoms with E-state index in [0.29, 0.717) is 10.2 Å². The molecule has 0 spiro atoms. The Morgan fingerprint density at radius 2 is 1.95 bits per heavy atom. The number of anilines is 1. The van der Waals surface area contributed by atoms with Gasteiger partial charge in [0.05, 0.1) is 21.8 Å². The van der Waals surface area contributed by atoms with E-state index in [4.69, 9.17) is 16.7 Å². The molecule has 0 aliphatic heterocycles. The molecule has 0 saturated heterocycles. The summed E-state index contributed by atoms with van der Waals surface area (Å²) in [6.45, 7) is 0. The van der Waals surface area contributed by atoms with Gasteiger partial charge in [-0.25, -0.2) is 9.18 Å². The number of aromatic carboxylic acids is 1. The molecule has 0 radical (unpaired) electrons. The lowest BCUT2D eigenvalue weighted by molar-refractivity contribution is 0.0696. The first kappa shape index (κ1) is 15.5. The number of benzene rings is 2. The highest BCUT2D eigenvalue weighted by molar-refractivity contribution is 9.10. The maximum atomic E-state index is 13.3. The second kappa shape index (κ2) is 6.24. The molecular weight excluding hydrogens is 365 g/mol. The van der Waals surface area contributed by atoms with Crippen molar-refractivity contribution in [2.24, 2.45) is 0 Å². The summed E-state index contributed by atoms with van der Waals surface area (Å²) in [5, 5.41) is 11.1. The van der Waals surface area contributed by atoms with Gasteiger partial charge in [0.15, 0.2) is 0 Å². The first-order valence-electron chi connectivity index (χ1n) is 5.68. The molecule has 2 aromatic carbocycles. The maximum absolute atomic E-state index is 13.3. The first-order valence-corrected chi connectivity index (χ1v) is 6.85. The predicted octanol–water partition coefficient (Wildman–Crippen LogP) is 4.19. The van der Waals surface area contributed by atoms with Gasteiger partial charge in [-0.15, -0.1) is 0 Å². The van der Waals surface area contributed by atoms with Gasteiger partial charge in [0, 0.05) is 4.47 Å². The van der Waals surface area contributed by atoms with Gasteiger partial charge < -0.3 is 10.4 Å². The molecule has 0 aliphatic rings. The normalized spacial score (nSPS) is 10.2. The molecule has 0 aliphatic carbocycles. The Kier molecular flexibility index (Phi) is 4.59. The lowest BCUT2D eigenvalue weighted by Gasteiger charge is -2.09. The molecule has 0 heterocycles. The van der Waals surface area contributed by atoms with Gasteiger partial charge in [-0.2, -0.15) is 0 Å². The molecule has 0 bridgehead atoms. The van der Waals surface area contributed by atoms with Crippen LogP contribution in [0.15, 0.2) is 40.9 Å². The number of rotatable bonds is 3. The Labute approximate surface area is 132 Å². The summed E-state index contributed by atoms with van der Waals surface area (Å²) in [6.07, 6.45) is 0. The SMILES string of the molecule is O=C(O)c1ccc(NC(=O)c2cccc(F)c2Cl)c(Br)c1. The zero-order valence-electron chi connectivity index (χ0n) is 10.4. The summed E-state index contributed by atoms with van der Waals surface area (Å²) in [5.74, 6) is -2.37. The molecule has 0 atom stereocenters. The summed E-state index contributed by atoms with van der Waals surface area (Å²) < 4.78 is 13.7. The van der Waals surface area contributed by atoms with Crippen LogP contribution in [0.2, 0.25) is 5.02 Å². The molecule has 0 fully saturated rings. The van der Waals surface area contributed by atoms with E-state index in [1.165, 1.54) is 30.3 Å². The van der Waals surface area contributed by atoms with Gasteiger partial charge in [-0.05, 0) is 46.3 Å². The van der Waals surface area contributed by atoms with Gasteiger partial charge in [-0.3, -0.25) is 4.79 Å². The van der Waals surface area contributed by atoms with E-state index >= 15 is 0 Å². The summed E-state index contributed by atoms with van der Waals surface area (Å²) in [5.41, 5.74) is 0.417. The molecule has 2 aromatic rings. The minimum atomic E-state index is -1.08. The van der Waals surface area contributed by atoms with Crippen LogP contribution in [-0.2, 0) is 0 Å². The third kappa shape index (κ3) is 3.40. The zero-order valence-corrected chi connectivity index (χ0v) is 12.7. The molecule has 108 valence electrons. The van der Waals surface area contributed by atoms with Crippen molar-refractivity contribution in [3.63, 3.8) is 0 Å². The second-order valence-electron chi connectivity index (χ2n) is 4.06. The molecule has 21 heavy (non-hydrogen) atoms. The Morgan fingerprint density at radius 3 is 2.57 bits per heavy atom. The number of carbonyl (C=O) groups is 2. The monoisotopic (exact) mass is 371 g/mol. The Balaban J connectivity index is 2.28. The van der Waals surface area contributed by atoms with E-state index in [1.807, 2.05) is 0 Å². The molecule has 0 aromatic heterocycles. The van der Waals surface area contributed by atoms with E-state index < -0.39 is 17.7 Å². The van der Waals surface area contributed by atoms with Crippen LogP contribution >= 0.6 is 27.5 Å². The van der Waals surface area contributed by atoms with Crippen LogP contribution in [-0.4, -0.2) is 17.0 Å². The van der Waals surface area contributed by atoms with E-state index in [9.17, 15) is 14.0 Å². The van der Waals surface area contributed by atoms with Crippen LogP contribution in [0.1, 0.15) is 20.7 Å². The highest BCUT2D eigenvalue weighted by Crippen LogP contribution is 2.26. The third-order valence-corrected chi connectivity index (χ3v) is 3.70. The molecule has 2 N–H and O–H groups in total. The third-order valence-electron chi connectivity index (χ3n) is 2.66. The maximum Gasteiger partial charge on any atom is 0.335 e. The fourth-order valence-electron chi connectivity index (χ4n) is 1.62. The number of amides is 1. The van der Waals surface area contributed by atoms with Crippen LogP contribution in [0.25, 0.3) is 0 Å². The Bertz CT molecular complexity index is 736. The lowest BCUT2D eigenvalue weighted by atomic mass is 10.1. The molecule has 2 rings (SSSR count). The van der Waals surface area contributed by atoms with Crippen molar-refractivity contribution in [3.05, 3.63) is 62.8 Å². The standard InChI is InChI=1S/C14H8BrClFNO3/c15-9-6-7(14(20)21)4-5-11(9)18-13(19)8-2-1-3-10(17)12(8)16/h1-6H,(H,18,19)(H,20,21). The van der Waals surface area contributed by atoms with E-state index in [0.717, 1.165) is 6.07 Å². The Hall–Kier alpha value is -1.92. The topological polar surface area (TPSA) is 66.4 Å². The summed E-state index contributed by atoms with van der Waals surface area (Å²) in [6, 6.07) is 8.04. The van der Waals surface area contributed by atoms with Crippen molar-refractivity contribution >= 4 is 45.1 Å². The van der Waals surface area contributed by atoms with Crippen LogP contribution in [0.4, 0.5) is 10.1 Å². The molecular formula is C14H8BrClFNO3. The minimum Gasteiger partial charge on any atom is -0.478 e. The number of nitrogens with one attached hydrogen (secondary N) is 1. The largest absolute Gasteiger partial charge is 0.478 e. The van der Waals surface area contributed by atoms with E-state index in [-0.39, 0.29) is 16.1 Å². The number of carbonyl (C=O) groups excluding carboxylic acids is 1. The second-order valence-corrected chi connectivity index (χ2v) is 5.29. The number of carboxylic acid groups (broad SMARTS) is 1. The van der Waals surface area contributed by atoms with Crippen molar-refractivity contribution in [1.29, 1.82) is 0 Å². The first-order chi connectivity index (χ1) is 9.90. The van der Waals surface area contributed by atoms with Crippen molar-refractivity contribution < 1.29 is 19.1 Å². The van der Waals surface area contributed by atoms with Gasteiger partial charge in [-0.1, -0.05) is 17.7 Å². The molecule has 0 saturated carbocycles. The molecule has 1 amide bonds. The molecule has 0 unspecified atom stereocenters. The molecule has 4 nitrogen and oxygen atoms in total. The van der Waals surface area contributed by atoms with Crippen molar-refractivity contribution in [3.8, 4) is 0 Å². The van der Waals surface area contributed by atoms with Crippen molar-refractivity contribution in [2.75, 3.05) is 5.32 Å². The average Bonchev–Trinajstić information content (AvgIpc) is 2.43. The number of hydrogen-bond donors (Lipinski definition) is 2. The fourth-order valence-corrected chi connectivity index (χ4v) is 2.31. The smallest absolute Gasteiger partial charge is 0.335 e. The summed E-state index contributed by atoms with van der Waals surface area (Å²) >= 11 is 8.90. The quantitative estimate of drug-likeness (QED) is 0.849. The number of halogens is 3. The molecule has 7 heteroatoms.